The summed E-state index contributed by atoms with van der Waals surface area (Å²) in [5.74, 6) is 2.20. The van der Waals surface area contributed by atoms with Crippen molar-refractivity contribution in [1.29, 1.82) is 0 Å². The number of hydrogen-bond acceptors (Lipinski definition) is 0. The molecule has 0 aliphatic heterocycles. The molecule has 0 bridgehead atoms. The minimum absolute atomic E-state index is 0.736. The van der Waals surface area contributed by atoms with Gasteiger partial charge < -0.3 is 0 Å². The number of hydrogen-bond donors (Lipinski definition) is 0. The maximum atomic E-state index is 2.22. The molecule has 0 aromatic heterocycles. The molecule has 0 aromatic rings. The summed E-state index contributed by atoms with van der Waals surface area (Å²) in [5, 5.41) is 0. The normalized spacial score (nSPS) is 19.6. The first-order valence-electron chi connectivity index (χ1n) is 2.22. The predicted molar refractivity (Wildman–Crippen MR) is 27.9 cm³/mol. The molecular formula is C6H8Fe. The molecule has 0 aromatic carbocycles. The van der Waals surface area contributed by atoms with Gasteiger partial charge in [-0.25, -0.2) is 0 Å². The van der Waals surface area contributed by atoms with Crippen LogP contribution in [0.3, 0.4) is 0 Å². The maximum absolute atomic E-state index is 2.22. The summed E-state index contributed by atoms with van der Waals surface area (Å²) in [7, 11) is 0. The van der Waals surface area contributed by atoms with Gasteiger partial charge in [-0.3, -0.25) is 0 Å². The Morgan fingerprint density at radius 3 is 2.14 bits per heavy atom. The topological polar surface area (TPSA) is 0 Å². The molecule has 40 valence electrons. The van der Waals surface area contributed by atoms with Gasteiger partial charge in [0.25, 0.3) is 0 Å². The predicted octanol–water partition coefficient (Wildman–Crippen LogP) is 2.03. The Labute approximate surface area is 50.5 Å². The van der Waals surface area contributed by atoms with Crippen LogP contribution in [0.1, 0.15) is 0 Å². The molecule has 0 radical (unpaired) electrons. The van der Waals surface area contributed by atoms with E-state index in [2.05, 4.69) is 30.1 Å². The molecule has 0 saturated carbocycles. The third-order valence-electron chi connectivity index (χ3n) is 0.927. The van der Waals surface area contributed by atoms with Crippen LogP contribution in [0, 0.1) is 0 Å². The average molecular weight is 136 g/mol. The van der Waals surface area contributed by atoms with Crippen molar-refractivity contribution in [1.82, 2.24) is 0 Å². The zero-order valence-electron chi connectivity index (χ0n) is 4.24. The molecule has 0 atom stereocenters. The zero-order valence-corrected chi connectivity index (χ0v) is 5.34. The molecule has 1 aliphatic rings. The van der Waals surface area contributed by atoms with Crippen molar-refractivity contribution >= 4 is 0 Å². The molecule has 0 unspecified atom stereocenters. The summed E-state index contributed by atoms with van der Waals surface area (Å²) in [4.78, 5) is 0.736. The molecule has 0 N–H and O–H groups in total. The van der Waals surface area contributed by atoms with Crippen LogP contribution in [0.4, 0.5) is 0 Å². The Morgan fingerprint density at radius 2 is 1.86 bits per heavy atom. The molecule has 7 heavy (non-hydrogen) atoms. The van der Waals surface area contributed by atoms with Gasteiger partial charge in [0.05, 0.1) is 0 Å². The fourth-order valence-corrected chi connectivity index (χ4v) is 1.21. The summed E-state index contributed by atoms with van der Waals surface area (Å²) in [5.41, 5.74) is 0. The van der Waals surface area contributed by atoms with Gasteiger partial charge >= 0.3 is 49.9 Å². The summed E-state index contributed by atoms with van der Waals surface area (Å²) in [6, 6.07) is 0. The molecule has 0 fully saturated rings. The third kappa shape index (κ3) is 1.18. The summed E-state index contributed by atoms with van der Waals surface area (Å²) in [6.07, 6.45) is 8.66. The molecule has 1 aliphatic carbocycles. The van der Waals surface area contributed by atoms with Gasteiger partial charge in [0.1, 0.15) is 0 Å². The Bertz CT molecular complexity index is 90.7. The average Bonchev–Trinajstić information content (AvgIpc) is 2.14. The van der Waals surface area contributed by atoms with Gasteiger partial charge in [-0.2, -0.15) is 0 Å². The quantitative estimate of drug-likeness (QED) is 0.483. The molecule has 0 heterocycles. The van der Waals surface area contributed by atoms with Crippen LogP contribution >= 0.6 is 0 Å². The van der Waals surface area contributed by atoms with Crippen LogP contribution in [0.15, 0.2) is 24.3 Å². The fraction of sp³-hybridized carbons (Fsp3) is 0.333. The van der Waals surface area contributed by atoms with Crippen molar-refractivity contribution in [3.05, 3.63) is 24.3 Å². The molecular weight excluding hydrogens is 128 g/mol. The van der Waals surface area contributed by atoms with E-state index in [0.29, 0.717) is 0 Å². The van der Waals surface area contributed by atoms with Crippen LogP contribution < -0.4 is 0 Å². The van der Waals surface area contributed by atoms with E-state index in [1.807, 2.05) is 0 Å². The number of allylic oxidation sites excluding steroid dienone is 4. The molecule has 0 amide bonds. The van der Waals surface area contributed by atoms with E-state index < -0.39 is 0 Å². The van der Waals surface area contributed by atoms with E-state index in [1.54, 1.807) is 0 Å². The Morgan fingerprint density at radius 1 is 1.29 bits per heavy atom. The number of rotatable bonds is 1. The Kier molecular flexibility index (Phi) is 1.72. The fourth-order valence-electron chi connectivity index (χ4n) is 0.535. The zero-order chi connectivity index (χ0) is 5.11. The van der Waals surface area contributed by atoms with Gasteiger partial charge in [0.15, 0.2) is 0 Å². The second kappa shape index (κ2) is 2.34. The first-order valence-corrected chi connectivity index (χ1v) is 3.97. The van der Waals surface area contributed by atoms with Gasteiger partial charge in [-0.1, -0.05) is 0 Å². The molecule has 1 heteroatoms. The summed E-state index contributed by atoms with van der Waals surface area (Å²) < 4.78 is 0. The van der Waals surface area contributed by atoms with E-state index in [9.17, 15) is 0 Å². The van der Waals surface area contributed by atoms with Gasteiger partial charge in [-0.05, 0) is 0 Å². The minimum atomic E-state index is 0.736. The van der Waals surface area contributed by atoms with E-state index in [-0.39, 0.29) is 0 Å². The van der Waals surface area contributed by atoms with Crippen LogP contribution in [0.25, 0.3) is 0 Å². The van der Waals surface area contributed by atoms with Crippen molar-refractivity contribution in [3.63, 3.8) is 0 Å². The monoisotopic (exact) mass is 136 g/mol. The Balaban J connectivity index is 2.44. The second-order valence-corrected chi connectivity index (χ2v) is 2.78. The van der Waals surface area contributed by atoms with Crippen molar-refractivity contribution in [2.45, 2.75) is 10.6 Å². The first kappa shape index (κ1) is 5.14. The van der Waals surface area contributed by atoms with Crippen molar-refractivity contribution in [3.8, 4) is 0 Å². The summed E-state index contributed by atoms with van der Waals surface area (Å²) >= 11 is 1.24. The van der Waals surface area contributed by atoms with Crippen LogP contribution in [-0.4, -0.2) is 0 Å². The van der Waals surface area contributed by atoms with Crippen molar-refractivity contribution < 1.29 is 15.0 Å². The van der Waals surface area contributed by atoms with Gasteiger partial charge in [0.2, 0.25) is 0 Å². The SMILES string of the molecule is [CH3][Fe][CH]1C=CC=C1. The molecule has 0 spiro atoms. The second-order valence-electron chi connectivity index (χ2n) is 1.40. The van der Waals surface area contributed by atoms with Gasteiger partial charge in [0, 0.05) is 0 Å². The Hall–Kier alpha value is -0.000519. The standard InChI is InChI=1S/C5H5.CH3.Fe/c1-2-4-5-3-1;;/h1-5H;1H3;. The molecule has 1 rings (SSSR count). The molecule has 0 nitrogen and oxygen atoms in total. The van der Waals surface area contributed by atoms with Gasteiger partial charge in [-0.15, -0.1) is 0 Å². The van der Waals surface area contributed by atoms with Crippen LogP contribution in [0.2, 0.25) is 10.6 Å². The summed E-state index contributed by atoms with van der Waals surface area (Å²) in [6.45, 7) is 0. The van der Waals surface area contributed by atoms with E-state index >= 15 is 0 Å². The van der Waals surface area contributed by atoms with Crippen LogP contribution in [0.5, 0.6) is 0 Å². The van der Waals surface area contributed by atoms with Crippen molar-refractivity contribution in [2.75, 3.05) is 0 Å². The van der Waals surface area contributed by atoms with E-state index in [4.69, 9.17) is 0 Å². The van der Waals surface area contributed by atoms with Crippen LogP contribution in [-0.2, 0) is 15.0 Å². The first-order chi connectivity index (χ1) is 3.43. The molecule has 0 saturated heterocycles. The van der Waals surface area contributed by atoms with E-state index in [0.717, 1.165) is 4.82 Å². The third-order valence-corrected chi connectivity index (χ3v) is 2.09. The van der Waals surface area contributed by atoms with E-state index in [1.165, 1.54) is 15.0 Å². The van der Waals surface area contributed by atoms with Crippen molar-refractivity contribution in [2.24, 2.45) is 0 Å².